The number of esters is 4. The van der Waals surface area contributed by atoms with Crippen LogP contribution in [0.25, 0.3) is 10.4 Å². The van der Waals surface area contributed by atoms with E-state index in [9.17, 15) is 24.7 Å². The fourth-order valence-electron chi connectivity index (χ4n) is 2.85. The van der Waals surface area contributed by atoms with Crippen molar-refractivity contribution >= 4 is 23.9 Å². The van der Waals surface area contributed by atoms with Gasteiger partial charge in [0, 0.05) is 4.91 Å². The minimum absolute atomic E-state index is 0.418. The molecular formula is C26H43N3O9. The Kier molecular flexibility index (Phi) is 10.4. The van der Waals surface area contributed by atoms with Crippen LogP contribution in [0.2, 0.25) is 0 Å². The maximum Gasteiger partial charge on any atom is 0.311 e. The summed E-state index contributed by atoms with van der Waals surface area (Å²) in [5.41, 5.74) is 5.44. The average molecular weight is 542 g/mol. The highest BCUT2D eigenvalue weighted by atomic mass is 16.7. The number of rotatable bonds is 6. The van der Waals surface area contributed by atoms with Gasteiger partial charge in [0.2, 0.25) is 0 Å². The van der Waals surface area contributed by atoms with E-state index in [1.165, 1.54) is 0 Å². The van der Waals surface area contributed by atoms with Crippen molar-refractivity contribution < 1.29 is 42.9 Å². The van der Waals surface area contributed by atoms with Crippen molar-refractivity contribution in [3.05, 3.63) is 10.4 Å². The number of ether oxygens (including phenoxy) is 5. The molecule has 1 fully saturated rings. The molecule has 5 atom stereocenters. The van der Waals surface area contributed by atoms with Crippen molar-refractivity contribution in [2.75, 3.05) is 6.61 Å². The highest BCUT2D eigenvalue weighted by Crippen LogP contribution is 2.34. The second-order valence-electron chi connectivity index (χ2n) is 13.5. The summed E-state index contributed by atoms with van der Waals surface area (Å²) >= 11 is 0. The zero-order valence-electron chi connectivity index (χ0n) is 24.6. The van der Waals surface area contributed by atoms with Gasteiger partial charge in [-0.2, -0.15) is 0 Å². The second kappa shape index (κ2) is 11.9. The van der Waals surface area contributed by atoms with Gasteiger partial charge in [-0.15, -0.1) is 0 Å². The first-order valence-electron chi connectivity index (χ1n) is 12.5. The highest BCUT2D eigenvalue weighted by molar-refractivity contribution is 5.78. The first-order chi connectivity index (χ1) is 17.0. The van der Waals surface area contributed by atoms with Gasteiger partial charge in [-0.25, -0.2) is 0 Å². The van der Waals surface area contributed by atoms with E-state index < -0.39 is 82.8 Å². The Morgan fingerprint density at radius 2 is 1.03 bits per heavy atom. The molecule has 0 saturated carbocycles. The van der Waals surface area contributed by atoms with Gasteiger partial charge in [0.15, 0.2) is 24.5 Å². The topological polar surface area (TPSA) is 163 Å². The lowest BCUT2D eigenvalue weighted by Gasteiger charge is -2.45. The molecule has 0 radical (unpaired) electrons. The van der Waals surface area contributed by atoms with Gasteiger partial charge in [-0.1, -0.05) is 5.11 Å². The molecule has 1 rings (SSSR count). The lowest BCUT2D eigenvalue weighted by atomic mass is 9.92. The van der Waals surface area contributed by atoms with Crippen LogP contribution in [-0.4, -0.2) is 61.1 Å². The molecular weight excluding hydrogens is 498 g/mol. The van der Waals surface area contributed by atoms with E-state index in [2.05, 4.69) is 10.0 Å². The van der Waals surface area contributed by atoms with Crippen LogP contribution in [0.1, 0.15) is 83.1 Å². The summed E-state index contributed by atoms with van der Waals surface area (Å²) in [6.45, 7) is 19.2. The molecule has 12 heteroatoms. The Hall–Kier alpha value is -2.85. The SMILES string of the molecule is CC(C)(C)C(=O)OC[C@@H]1O[C@@H](N=[N+]=[N-])[C@@H](OC(=O)C(C)(C)C)[C@@H](OC(=O)C(C)(C)C)[C@@H]1OC(=O)C(C)(C)C. The fourth-order valence-corrected chi connectivity index (χ4v) is 2.85. The van der Waals surface area contributed by atoms with Gasteiger partial charge in [-0.05, 0) is 88.6 Å². The van der Waals surface area contributed by atoms with Gasteiger partial charge in [0.1, 0.15) is 12.7 Å². The summed E-state index contributed by atoms with van der Waals surface area (Å²) in [4.78, 5) is 54.2. The number of carbonyl (C=O) groups excluding carboxylic acids is 4. The second-order valence-corrected chi connectivity index (χ2v) is 13.5. The van der Waals surface area contributed by atoms with Crippen molar-refractivity contribution in [2.45, 2.75) is 114 Å². The van der Waals surface area contributed by atoms with E-state index in [-0.39, 0.29) is 0 Å². The lowest BCUT2D eigenvalue weighted by molar-refractivity contribution is -0.259. The zero-order chi connectivity index (χ0) is 29.9. The van der Waals surface area contributed by atoms with Gasteiger partial charge in [-0.3, -0.25) is 19.2 Å². The zero-order valence-corrected chi connectivity index (χ0v) is 24.6. The summed E-state index contributed by atoms with van der Waals surface area (Å²) in [5.74, 6) is -2.62. The Morgan fingerprint density at radius 3 is 1.39 bits per heavy atom. The molecule has 0 spiro atoms. The molecule has 0 aromatic carbocycles. The van der Waals surface area contributed by atoms with Crippen molar-refractivity contribution in [3.8, 4) is 0 Å². The third-order valence-electron chi connectivity index (χ3n) is 5.33. The van der Waals surface area contributed by atoms with Crippen LogP contribution in [0, 0.1) is 21.7 Å². The summed E-state index contributed by atoms with van der Waals surface area (Å²) < 4.78 is 28.6. The normalized spacial score (nSPS) is 24.5. The molecule has 0 aliphatic carbocycles. The van der Waals surface area contributed by atoms with Crippen LogP contribution in [-0.2, 0) is 42.9 Å². The largest absolute Gasteiger partial charge is 0.462 e. The van der Waals surface area contributed by atoms with Crippen LogP contribution in [0.5, 0.6) is 0 Å². The van der Waals surface area contributed by atoms with Gasteiger partial charge >= 0.3 is 23.9 Å². The molecule has 1 aliphatic rings. The molecule has 0 amide bonds. The van der Waals surface area contributed by atoms with E-state index in [0.717, 1.165) is 0 Å². The molecule has 1 saturated heterocycles. The van der Waals surface area contributed by atoms with Crippen LogP contribution in [0.3, 0.4) is 0 Å². The van der Waals surface area contributed by atoms with Gasteiger partial charge in [0.05, 0.1) is 21.7 Å². The molecule has 0 bridgehead atoms. The number of hydrogen-bond acceptors (Lipinski definition) is 10. The Balaban J connectivity index is 3.67. The minimum Gasteiger partial charge on any atom is -0.462 e. The smallest absolute Gasteiger partial charge is 0.311 e. The summed E-state index contributed by atoms with van der Waals surface area (Å²) in [6, 6.07) is 0. The lowest BCUT2D eigenvalue weighted by Crippen LogP contribution is -2.63. The van der Waals surface area contributed by atoms with Crippen LogP contribution >= 0.6 is 0 Å². The highest BCUT2D eigenvalue weighted by Gasteiger charge is 2.54. The van der Waals surface area contributed by atoms with Crippen LogP contribution in [0.4, 0.5) is 0 Å². The van der Waals surface area contributed by atoms with Crippen LogP contribution in [0.15, 0.2) is 5.11 Å². The first kappa shape index (κ1) is 33.2. The Bertz CT molecular complexity index is 945. The Labute approximate surface area is 224 Å². The number of nitrogens with zero attached hydrogens (tertiary/aromatic N) is 3. The average Bonchev–Trinajstić information content (AvgIpc) is 2.73. The van der Waals surface area contributed by atoms with Crippen LogP contribution < -0.4 is 0 Å². The molecule has 0 aromatic rings. The van der Waals surface area contributed by atoms with E-state index in [4.69, 9.17) is 23.7 Å². The Morgan fingerprint density at radius 1 is 0.658 bits per heavy atom. The van der Waals surface area contributed by atoms with E-state index in [0.29, 0.717) is 0 Å². The standard InChI is InChI=1S/C26H43N3O9/c1-23(2,3)19(30)34-13-14-15(36-20(31)24(4,5)6)16(37-21(32)25(7,8)9)17(18(35-14)28-29-27)38-22(33)26(10,11)12/h14-18H,13H2,1-12H3/t14-,15+,16-,17-,18+/m0/s1. The predicted molar refractivity (Wildman–Crippen MR) is 136 cm³/mol. The molecule has 0 aromatic heterocycles. The van der Waals surface area contributed by atoms with Crippen molar-refractivity contribution in [3.63, 3.8) is 0 Å². The van der Waals surface area contributed by atoms with Crippen molar-refractivity contribution in [1.82, 2.24) is 0 Å². The molecule has 12 nitrogen and oxygen atoms in total. The maximum absolute atomic E-state index is 13.0. The molecule has 1 heterocycles. The number of azide groups is 1. The molecule has 0 unspecified atom stereocenters. The first-order valence-corrected chi connectivity index (χ1v) is 12.5. The number of hydrogen-bond donors (Lipinski definition) is 0. The van der Waals surface area contributed by atoms with Crippen molar-refractivity contribution in [2.24, 2.45) is 26.8 Å². The number of carbonyl (C=O) groups is 4. The van der Waals surface area contributed by atoms with E-state index in [1.807, 2.05) is 0 Å². The van der Waals surface area contributed by atoms with Gasteiger partial charge < -0.3 is 23.7 Å². The molecule has 38 heavy (non-hydrogen) atoms. The molecule has 216 valence electrons. The van der Waals surface area contributed by atoms with Gasteiger partial charge in [0.25, 0.3) is 0 Å². The van der Waals surface area contributed by atoms with E-state index in [1.54, 1.807) is 83.1 Å². The maximum atomic E-state index is 13.0. The third-order valence-corrected chi connectivity index (χ3v) is 5.33. The molecule has 1 aliphatic heterocycles. The monoisotopic (exact) mass is 541 g/mol. The third kappa shape index (κ3) is 9.16. The summed E-state index contributed by atoms with van der Waals surface area (Å²) in [7, 11) is 0. The summed E-state index contributed by atoms with van der Waals surface area (Å²) in [5, 5.41) is 3.62. The van der Waals surface area contributed by atoms with E-state index >= 15 is 0 Å². The summed E-state index contributed by atoms with van der Waals surface area (Å²) in [6.07, 6.45) is -6.97. The van der Waals surface area contributed by atoms with Crippen molar-refractivity contribution in [1.29, 1.82) is 0 Å². The quantitative estimate of drug-likeness (QED) is 0.155. The fraction of sp³-hybridized carbons (Fsp3) is 0.846. The molecule has 0 N–H and O–H groups in total. The minimum atomic E-state index is -1.48. The predicted octanol–water partition coefficient (Wildman–Crippen LogP) is 4.48.